The lowest BCUT2D eigenvalue weighted by Crippen LogP contribution is -2.46. The number of benzene rings is 1. The van der Waals surface area contributed by atoms with Gasteiger partial charge in [0.05, 0.1) is 6.42 Å². The molecule has 5 heteroatoms. The summed E-state index contributed by atoms with van der Waals surface area (Å²) in [4.78, 5) is 1.94. The summed E-state index contributed by atoms with van der Waals surface area (Å²) in [5, 5.41) is 3.18. The highest BCUT2D eigenvalue weighted by Gasteiger charge is 2.35. The van der Waals surface area contributed by atoms with Crippen molar-refractivity contribution in [3.05, 3.63) is 34.9 Å². The third-order valence-corrected chi connectivity index (χ3v) is 3.93. The van der Waals surface area contributed by atoms with Gasteiger partial charge in [0.15, 0.2) is 0 Å². The number of piperazine rings is 1. The van der Waals surface area contributed by atoms with Crippen LogP contribution in [0.2, 0.25) is 0 Å². The van der Waals surface area contributed by atoms with Crippen molar-refractivity contribution in [2.24, 2.45) is 0 Å². The minimum Gasteiger partial charge on any atom is -0.314 e. The van der Waals surface area contributed by atoms with Crippen LogP contribution in [-0.4, -0.2) is 37.3 Å². The smallest absolute Gasteiger partial charge is 0.314 e. The molecule has 1 aliphatic heterocycles. The summed E-state index contributed by atoms with van der Waals surface area (Å²) in [7, 11) is 0. The van der Waals surface area contributed by atoms with Crippen LogP contribution in [-0.2, 0) is 0 Å². The van der Waals surface area contributed by atoms with Gasteiger partial charge in [-0.3, -0.25) is 4.90 Å². The van der Waals surface area contributed by atoms with Gasteiger partial charge in [-0.15, -0.1) is 0 Å². The quantitative estimate of drug-likeness (QED) is 0.918. The maximum absolute atomic E-state index is 12.9. The van der Waals surface area contributed by atoms with Gasteiger partial charge in [0, 0.05) is 32.2 Å². The number of alkyl halides is 3. The van der Waals surface area contributed by atoms with Crippen molar-refractivity contribution in [1.29, 1.82) is 0 Å². The molecular formula is C15H21F3N2. The molecular weight excluding hydrogens is 265 g/mol. The zero-order chi connectivity index (χ0) is 14.8. The molecule has 1 atom stereocenters. The first-order valence-corrected chi connectivity index (χ1v) is 6.95. The summed E-state index contributed by atoms with van der Waals surface area (Å²) in [5.41, 5.74) is 2.93. The van der Waals surface area contributed by atoms with E-state index < -0.39 is 18.6 Å². The average molecular weight is 286 g/mol. The van der Waals surface area contributed by atoms with Gasteiger partial charge in [-0.05, 0) is 30.5 Å². The zero-order valence-corrected chi connectivity index (χ0v) is 11.9. The monoisotopic (exact) mass is 286 g/mol. The van der Waals surface area contributed by atoms with Crippen molar-refractivity contribution < 1.29 is 13.2 Å². The van der Waals surface area contributed by atoms with E-state index in [1.807, 2.05) is 36.9 Å². The fourth-order valence-corrected chi connectivity index (χ4v) is 2.64. The Hall–Kier alpha value is -1.07. The molecule has 1 saturated heterocycles. The summed E-state index contributed by atoms with van der Waals surface area (Å²) in [6, 6.07) is 5.07. The van der Waals surface area contributed by atoms with Crippen molar-refractivity contribution in [1.82, 2.24) is 10.2 Å². The molecule has 2 rings (SSSR count). The standard InChI is InChI=1S/C15H21F3N2/c1-11-3-4-13(9-12(11)2)14(10-15(16,17)18)20-7-5-19-6-8-20/h3-4,9,14,19H,5-8,10H2,1-2H3/t14-/m1/s1. The second-order valence-corrected chi connectivity index (χ2v) is 5.46. The van der Waals surface area contributed by atoms with E-state index in [0.29, 0.717) is 13.1 Å². The molecule has 0 bridgehead atoms. The molecule has 1 fully saturated rings. The van der Waals surface area contributed by atoms with Crippen LogP contribution in [0.5, 0.6) is 0 Å². The number of halogens is 3. The minimum atomic E-state index is -4.14. The molecule has 1 N–H and O–H groups in total. The number of hydrogen-bond acceptors (Lipinski definition) is 2. The fourth-order valence-electron chi connectivity index (χ4n) is 2.64. The fraction of sp³-hybridized carbons (Fsp3) is 0.600. The lowest BCUT2D eigenvalue weighted by Gasteiger charge is -2.36. The number of hydrogen-bond donors (Lipinski definition) is 1. The highest BCUT2D eigenvalue weighted by atomic mass is 19.4. The van der Waals surface area contributed by atoms with E-state index in [4.69, 9.17) is 0 Å². The van der Waals surface area contributed by atoms with Gasteiger partial charge in [0.1, 0.15) is 0 Å². The van der Waals surface area contributed by atoms with Crippen LogP contribution < -0.4 is 5.32 Å². The Balaban J connectivity index is 2.26. The van der Waals surface area contributed by atoms with E-state index in [1.54, 1.807) is 0 Å². The lowest BCUT2D eigenvalue weighted by molar-refractivity contribution is -0.148. The maximum atomic E-state index is 12.9. The largest absolute Gasteiger partial charge is 0.390 e. The molecule has 0 aromatic heterocycles. The molecule has 1 aromatic carbocycles. The Bertz CT molecular complexity index is 451. The van der Waals surface area contributed by atoms with E-state index in [2.05, 4.69) is 5.32 Å². The normalized spacial score (nSPS) is 19.1. The van der Waals surface area contributed by atoms with Gasteiger partial charge in [-0.1, -0.05) is 18.2 Å². The molecule has 1 aliphatic rings. The maximum Gasteiger partial charge on any atom is 0.390 e. The second kappa shape index (κ2) is 6.14. The van der Waals surface area contributed by atoms with Crippen LogP contribution in [0.25, 0.3) is 0 Å². The van der Waals surface area contributed by atoms with Gasteiger partial charge < -0.3 is 5.32 Å². The molecule has 1 aromatic rings. The van der Waals surface area contributed by atoms with Crippen molar-refractivity contribution in [2.75, 3.05) is 26.2 Å². The Morgan fingerprint density at radius 2 is 1.80 bits per heavy atom. The molecule has 20 heavy (non-hydrogen) atoms. The SMILES string of the molecule is Cc1ccc([C@@H](CC(F)(F)F)N2CCNCC2)cc1C. The highest BCUT2D eigenvalue weighted by Crippen LogP contribution is 2.34. The third kappa shape index (κ3) is 3.96. The van der Waals surface area contributed by atoms with Crippen molar-refractivity contribution in [3.8, 4) is 0 Å². The van der Waals surface area contributed by atoms with Gasteiger partial charge in [-0.25, -0.2) is 0 Å². The molecule has 112 valence electrons. The van der Waals surface area contributed by atoms with Crippen LogP contribution in [0.15, 0.2) is 18.2 Å². The van der Waals surface area contributed by atoms with Gasteiger partial charge in [0.2, 0.25) is 0 Å². The molecule has 0 spiro atoms. The molecule has 0 unspecified atom stereocenters. The van der Waals surface area contributed by atoms with Crippen LogP contribution in [0.4, 0.5) is 13.2 Å². The zero-order valence-electron chi connectivity index (χ0n) is 11.9. The number of nitrogens with zero attached hydrogens (tertiary/aromatic N) is 1. The van der Waals surface area contributed by atoms with E-state index in [0.717, 1.165) is 29.8 Å². The van der Waals surface area contributed by atoms with Crippen LogP contribution >= 0.6 is 0 Å². The first-order chi connectivity index (χ1) is 9.37. The van der Waals surface area contributed by atoms with Gasteiger partial charge in [-0.2, -0.15) is 13.2 Å². The average Bonchev–Trinajstić information content (AvgIpc) is 2.39. The van der Waals surface area contributed by atoms with Crippen molar-refractivity contribution in [3.63, 3.8) is 0 Å². The molecule has 0 saturated carbocycles. The minimum absolute atomic E-state index is 0.573. The predicted molar refractivity (Wildman–Crippen MR) is 73.8 cm³/mol. The predicted octanol–water partition coefficient (Wildman–Crippen LogP) is 3.20. The van der Waals surface area contributed by atoms with Gasteiger partial charge in [0.25, 0.3) is 0 Å². The Morgan fingerprint density at radius 3 is 2.35 bits per heavy atom. The Morgan fingerprint density at radius 1 is 1.15 bits per heavy atom. The third-order valence-electron chi connectivity index (χ3n) is 3.93. The molecule has 0 amide bonds. The van der Waals surface area contributed by atoms with E-state index in [-0.39, 0.29) is 0 Å². The first kappa shape index (κ1) is 15.3. The first-order valence-electron chi connectivity index (χ1n) is 6.95. The second-order valence-electron chi connectivity index (χ2n) is 5.46. The van der Waals surface area contributed by atoms with Gasteiger partial charge >= 0.3 is 6.18 Å². The number of nitrogens with one attached hydrogen (secondary N) is 1. The summed E-state index contributed by atoms with van der Waals surface area (Å²) in [6.45, 7) is 6.74. The topological polar surface area (TPSA) is 15.3 Å². The molecule has 2 nitrogen and oxygen atoms in total. The number of aryl methyl sites for hydroxylation is 2. The van der Waals surface area contributed by atoms with E-state index in [1.165, 1.54) is 0 Å². The Labute approximate surface area is 118 Å². The van der Waals surface area contributed by atoms with E-state index in [9.17, 15) is 13.2 Å². The lowest BCUT2D eigenvalue weighted by atomic mass is 9.97. The summed E-state index contributed by atoms with van der Waals surface area (Å²) < 4.78 is 38.7. The Kier molecular flexibility index (Phi) is 4.70. The van der Waals surface area contributed by atoms with Crippen molar-refractivity contribution in [2.45, 2.75) is 32.5 Å². The summed E-state index contributed by atoms with van der Waals surface area (Å²) >= 11 is 0. The van der Waals surface area contributed by atoms with Crippen LogP contribution in [0.1, 0.15) is 29.2 Å². The highest BCUT2D eigenvalue weighted by molar-refractivity contribution is 5.32. The number of rotatable bonds is 3. The van der Waals surface area contributed by atoms with E-state index >= 15 is 0 Å². The summed E-state index contributed by atoms with van der Waals surface area (Å²) in [6.07, 6.45) is -4.93. The summed E-state index contributed by atoms with van der Waals surface area (Å²) in [5.74, 6) is 0. The van der Waals surface area contributed by atoms with Crippen LogP contribution in [0, 0.1) is 13.8 Å². The molecule has 0 radical (unpaired) electrons. The van der Waals surface area contributed by atoms with Crippen molar-refractivity contribution >= 4 is 0 Å². The van der Waals surface area contributed by atoms with Crippen LogP contribution in [0.3, 0.4) is 0 Å². The molecule has 0 aliphatic carbocycles. The molecule has 1 heterocycles.